The molecule has 2 unspecified atom stereocenters. The molecule has 1 aromatic rings. The van der Waals surface area contributed by atoms with Crippen LogP contribution in [0.2, 0.25) is 0 Å². The van der Waals surface area contributed by atoms with Crippen LogP contribution in [-0.4, -0.2) is 17.3 Å². The van der Waals surface area contributed by atoms with Gasteiger partial charge in [-0.25, -0.2) is 0 Å². The number of aliphatic hydroxyl groups excluding tert-OH is 1. The zero-order valence-electron chi connectivity index (χ0n) is 10.9. The number of hydrogen-bond acceptors (Lipinski definition) is 2. The van der Waals surface area contributed by atoms with Crippen LogP contribution in [0.1, 0.15) is 40.2 Å². The standard InChI is InChI=1S/C14H23NO/c1-10(11(2)16)15-13-9-7-6-8-12(13)14(3,4)5/h6-11,15-16H,1-5H3. The Hall–Kier alpha value is -1.02. The zero-order chi connectivity index (χ0) is 12.3. The van der Waals surface area contributed by atoms with Crippen LogP contribution in [0.15, 0.2) is 24.3 Å². The molecule has 16 heavy (non-hydrogen) atoms. The first-order valence-corrected chi connectivity index (χ1v) is 5.86. The maximum atomic E-state index is 9.51. The maximum Gasteiger partial charge on any atom is 0.0710 e. The van der Waals surface area contributed by atoms with E-state index in [2.05, 4.69) is 44.3 Å². The van der Waals surface area contributed by atoms with E-state index in [1.165, 1.54) is 5.56 Å². The van der Waals surface area contributed by atoms with Gasteiger partial charge in [0.25, 0.3) is 0 Å². The van der Waals surface area contributed by atoms with E-state index in [4.69, 9.17) is 0 Å². The summed E-state index contributed by atoms with van der Waals surface area (Å²) in [5.74, 6) is 0. The summed E-state index contributed by atoms with van der Waals surface area (Å²) in [6.45, 7) is 10.4. The Morgan fingerprint density at radius 1 is 1.12 bits per heavy atom. The van der Waals surface area contributed by atoms with Crippen LogP contribution in [0.5, 0.6) is 0 Å². The fourth-order valence-corrected chi connectivity index (χ4v) is 1.63. The van der Waals surface area contributed by atoms with Crippen molar-refractivity contribution in [3.05, 3.63) is 29.8 Å². The van der Waals surface area contributed by atoms with Gasteiger partial charge in [0.2, 0.25) is 0 Å². The largest absolute Gasteiger partial charge is 0.391 e. The highest BCUT2D eigenvalue weighted by atomic mass is 16.3. The lowest BCUT2D eigenvalue weighted by molar-refractivity contribution is 0.178. The van der Waals surface area contributed by atoms with Crippen molar-refractivity contribution in [1.82, 2.24) is 0 Å². The summed E-state index contributed by atoms with van der Waals surface area (Å²) in [7, 11) is 0. The number of rotatable bonds is 3. The van der Waals surface area contributed by atoms with Crippen LogP contribution >= 0.6 is 0 Å². The molecule has 0 amide bonds. The zero-order valence-corrected chi connectivity index (χ0v) is 10.9. The van der Waals surface area contributed by atoms with Gasteiger partial charge in [-0.3, -0.25) is 0 Å². The average molecular weight is 221 g/mol. The van der Waals surface area contributed by atoms with Crippen LogP contribution in [0.4, 0.5) is 5.69 Å². The van der Waals surface area contributed by atoms with E-state index in [1.807, 2.05) is 13.0 Å². The van der Waals surface area contributed by atoms with E-state index >= 15 is 0 Å². The molecular weight excluding hydrogens is 198 g/mol. The molecule has 0 spiro atoms. The summed E-state index contributed by atoms with van der Waals surface area (Å²) in [6, 6.07) is 8.34. The summed E-state index contributed by atoms with van der Waals surface area (Å²) < 4.78 is 0. The van der Waals surface area contributed by atoms with Gasteiger partial charge >= 0.3 is 0 Å². The molecule has 0 saturated heterocycles. The molecule has 0 fully saturated rings. The lowest BCUT2D eigenvalue weighted by atomic mass is 9.85. The molecule has 0 aliphatic rings. The Labute approximate surface area is 98.7 Å². The van der Waals surface area contributed by atoms with E-state index in [1.54, 1.807) is 6.92 Å². The highest BCUT2D eigenvalue weighted by Gasteiger charge is 2.19. The second kappa shape index (κ2) is 4.88. The molecule has 2 nitrogen and oxygen atoms in total. The summed E-state index contributed by atoms with van der Waals surface area (Å²) in [6.07, 6.45) is -0.354. The number of hydrogen-bond donors (Lipinski definition) is 2. The molecule has 0 bridgehead atoms. The van der Waals surface area contributed by atoms with Crippen molar-refractivity contribution >= 4 is 5.69 Å². The summed E-state index contributed by atoms with van der Waals surface area (Å²) in [4.78, 5) is 0. The molecule has 2 atom stereocenters. The van der Waals surface area contributed by atoms with Crippen LogP contribution in [0, 0.1) is 0 Å². The van der Waals surface area contributed by atoms with Crippen LogP contribution in [-0.2, 0) is 5.41 Å². The third-order valence-electron chi connectivity index (χ3n) is 2.84. The molecule has 1 rings (SSSR count). The van der Waals surface area contributed by atoms with Crippen molar-refractivity contribution in [1.29, 1.82) is 0 Å². The quantitative estimate of drug-likeness (QED) is 0.821. The third-order valence-corrected chi connectivity index (χ3v) is 2.84. The van der Waals surface area contributed by atoms with Gasteiger partial charge in [0.15, 0.2) is 0 Å². The fraction of sp³-hybridized carbons (Fsp3) is 0.571. The lowest BCUT2D eigenvalue weighted by Crippen LogP contribution is -2.29. The van der Waals surface area contributed by atoms with E-state index in [0.29, 0.717) is 0 Å². The highest BCUT2D eigenvalue weighted by molar-refractivity contribution is 5.54. The summed E-state index contributed by atoms with van der Waals surface area (Å²) >= 11 is 0. The molecule has 1 aromatic carbocycles. The monoisotopic (exact) mass is 221 g/mol. The van der Waals surface area contributed by atoms with Gasteiger partial charge in [0.05, 0.1) is 6.10 Å². The van der Waals surface area contributed by atoms with Gasteiger partial charge < -0.3 is 10.4 Å². The van der Waals surface area contributed by atoms with Gasteiger partial charge in [0.1, 0.15) is 0 Å². The SMILES string of the molecule is CC(O)C(C)Nc1ccccc1C(C)(C)C. The Morgan fingerprint density at radius 3 is 2.19 bits per heavy atom. The van der Waals surface area contributed by atoms with E-state index < -0.39 is 0 Å². The second-order valence-electron chi connectivity index (χ2n) is 5.47. The number of nitrogens with one attached hydrogen (secondary N) is 1. The molecular formula is C14H23NO. The maximum absolute atomic E-state index is 9.51. The smallest absolute Gasteiger partial charge is 0.0710 e. The van der Waals surface area contributed by atoms with Crippen LogP contribution in [0.25, 0.3) is 0 Å². The minimum atomic E-state index is -0.354. The highest BCUT2D eigenvalue weighted by Crippen LogP contribution is 2.29. The molecule has 0 saturated carbocycles. The van der Waals surface area contributed by atoms with Crippen LogP contribution < -0.4 is 5.32 Å². The molecule has 2 N–H and O–H groups in total. The van der Waals surface area contributed by atoms with E-state index in [0.717, 1.165) is 5.69 Å². The molecule has 0 radical (unpaired) electrons. The molecule has 0 aliphatic heterocycles. The van der Waals surface area contributed by atoms with Crippen molar-refractivity contribution in [3.63, 3.8) is 0 Å². The van der Waals surface area contributed by atoms with Gasteiger partial charge in [-0.2, -0.15) is 0 Å². The van der Waals surface area contributed by atoms with Gasteiger partial charge in [0, 0.05) is 11.7 Å². The lowest BCUT2D eigenvalue weighted by Gasteiger charge is -2.26. The minimum Gasteiger partial charge on any atom is -0.391 e. The fourth-order valence-electron chi connectivity index (χ4n) is 1.63. The van der Waals surface area contributed by atoms with Crippen LogP contribution in [0.3, 0.4) is 0 Å². The third kappa shape index (κ3) is 3.24. The summed E-state index contributed by atoms with van der Waals surface area (Å²) in [5.41, 5.74) is 2.51. The van der Waals surface area contributed by atoms with Gasteiger partial charge in [-0.05, 0) is 30.9 Å². The predicted octanol–water partition coefficient (Wildman–Crippen LogP) is 3.17. The number of para-hydroxylation sites is 1. The first-order chi connectivity index (χ1) is 7.32. The topological polar surface area (TPSA) is 32.3 Å². The molecule has 0 aliphatic carbocycles. The Bertz CT molecular complexity index is 339. The van der Waals surface area contributed by atoms with Crippen molar-refractivity contribution < 1.29 is 5.11 Å². The first kappa shape index (κ1) is 13.0. The van der Waals surface area contributed by atoms with Crippen molar-refractivity contribution in [2.24, 2.45) is 0 Å². The average Bonchev–Trinajstić information content (AvgIpc) is 2.16. The molecule has 90 valence electrons. The molecule has 0 heterocycles. The number of aliphatic hydroxyl groups is 1. The van der Waals surface area contributed by atoms with Gasteiger partial charge in [-0.15, -0.1) is 0 Å². The second-order valence-corrected chi connectivity index (χ2v) is 5.47. The Morgan fingerprint density at radius 2 is 1.69 bits per heavy atom. The molecule has 2 heteroatoms. The van der Waals surface area contributed by atoms with Gasteiger partial charge in [-0.1, -0.05) is 39.0 Å². The van der Waals surface area contributed by atoms with Crippen molar-refractivity contribution in [3.8, 4) is 0 Å². The van der Waals surface area contributed by atoms with Crippen molar-refractivity contribution in [2.45, 2.75) is 52.2 Å². The van der Waals surface area contributed by atoms with Crippen molar-refractivity contribution in [2.75, 3.05) is 5.32 Å². The normalized spacial score (nSPS) is 15.6. The van der Waals surface area contributed by atoms with E-state index in [-0.39, 0.29) is 17.6 Å². The predicted molar refractivity (Wildman–Crippen MR) is 69.9 cm³/mol. The minimum absolute atomic E-state index is 0.0588. The Balaban J connectivity index is 2.96. The first-order valence-electron chi connectivity index (χ1n) is 5.86. The van der Waals surface area contributed by atoms with E-state index in [9.17, 15) is 5.11 Å². The molecule has 0 aromatic heterocycles. The Kier molecular flexibility index (Phi) is 3.98. The summed E-state index contributed by atoms with van der Waals surface area (Å²) in [5, 5.41) is 12.9. The number of benzene rings is 1. The number of anilines is 1.